The normalized spacial score (nSPS) is 15.8. The Morgan fingerprint density at radius 2 is 1.90 bits per heavy atom. The molecule has 0 saturated carbocycles. The number of benzene rings is 1. The summed E-state index contributed by atoms with van der Waals surface area (Å²) in [5, 5.41) is 0.825. The lowest BCUT2D eigenvalue weighted by atomic mass is 10.2. The van der Waals surface area contributed by atoms with Crippen molar-refractivity contribution in [3.05, 3.63) is 60.6 Å². The maximum absolute atomic E-state index is 13.7. The lowest BCUT2D eigenvalue weighted by molar-refractivity contribution is 0.0368. The second-order valence-electron chi connectivity index (χ2n) is 7.59. The molecule has 1 fully saturated rings. The van der Waals surface area contributed by atoms with Crippen LogP contribution in [0.3, 0.4) is 0 Å². The van der Waals surface area contributed by atoms with Crippen molar-refractivity contribution >= 4 is 20.9 Å². The number of sulfonamides is 1. The average Bonchev–Trinajstić information content (AvgIpc) is 3.17. The molecule has 2 aromatic heterocycles. The van der Waals surface area contributed by atoms with Crippen LogP contribution in [-0.4, -0.2) is 66.6 Å². The van der Waals surface area contributed by atoms with Crippen LogP contribution >= 0.6 is 0 Å². The van der Waals surface area contributed by atoms with Gasteiger partial charge in [-0.1, -0.05) is 18.2 Å². The number of ether oxygens (including phenoxy) is 1. The summed E-state index contributed by atoms with van der Waals surface area (Å²) < 4.78 is 36.4. The molecule has 3 aromatic rings. The molecule has 0 radical (unpaired) electrons. The Hall–Kier alpha value is -2.26. The Kier molecular flexibility index (Phi) is 6.48. The van der Waals surface area contributed by atoms with Crippen LogP contribution < -0.4 is 0 Å². The van der Waals surface area contributed by atoms with Gasteiger partial charge >= 0.3 is 0 Å². The van der Waals surface area contributed by atoms with Gasteiger partial charge in [0.25, 0.3) is 0 Å². The third-order valence-corrected chi connectivity index (χ3v) is 7.47. The molecule has 0 aliphatic carbocycles. The third-order valence-electron chi connectivity index (χ3n) is 5.59. The lowest BCUT2D eigenvalue weighted by Gasteiger charge is -2.28. The zero-order valence-electron chi connectivity index (χ0n) is 17.3. The van der Waals surface area contributed by atoms with Crippen LogP contribution in [0.5, 0.6) is 0 Å². The van der Waals surface area contributed by atoms with Crippen molar-refractivity contribution in [2.75, 3.05) is 39.4 Å². The van der Waals surface area contributed by atoms with E-state index in [4.69, 9.17) is 4.74 Å². The summed E-state index contributed by atoms with van der Waals surface area (Å²) in [4.78, 5) is 6.96. The van der Waals surface area contributed by atoms with E-state index < -0.39 is 10.0 Å². The van der Waals surface area contributed by atoms with E-state index in [9.17, 15) is 8.42 Å². The van der Waals surface area contributed by atoms with Crippen molar-refractivity contribution < 1.29 is 13.2 Å². The number of fused-ring (bicyclic) bond motifs is 1. The number of pyridine rings is 1. The molecule has 3 heterocycles. The van der Waals surface area contributed by atoms with E-state index in [1.807, 2.05) is 48.1 Å². The van der Waals surface area contributed by atoms with Crippen LogP contribution in [0.15, 0.2) is 59.8 Å². The molecule has 1 aliphatic heterocycles. The van der Waals surface area contributed by atoms with Gasteiger partial charge in [0.05, 0.1) is 25.3 Å². The van der Waals surface area contributed by atoms with E-state index in [2.05, 4.69) is 9.88 Å². The van der Waals surface area contributed by atoms with Crippen molar-refractivity contribution in [2.45, 2.75) is 17.9 Å². The molecule has 0 unspecified atom stereocenters. The van der Waals surface area contributed by atoms with Crippen molar-refractivity contribution in [3.8, 4) is 0 Å². The van der Waals surface area contributed by atoms with E-state index in [1.165, 1.54) is 0 Å². The maximum Gasteiger partial charge on any atom is 0.245 e. The van der Waals surface area contributed by atoms with Gasteiger partial charge in [-0.25, -0.2) is 8.42 Å². The van der Waals surface area contributed by atoms with E-state index in [-0.39, 0.29) is 4.90 Å². The van der Waals surface area contributed by atoms with Crippen molar-refractivity contribution in [3.63, 3.8) is 0 Å². The van der Waals surface area contributed by atoms with Gasteiger partial charge in [-0.2, -0.15) is 4.31 Å². The SMILES string of the molecule is Cn1cccc1CN(CCCN1CCOCC1)S(=O)(=O)c1cccc2cccnc12. The van der Waals surface area contributed by atoms with Crippen molar-refractivity contribution in [2.24, 2.45) is 7.05 Å². The second-order valence-corrected chi connectivity index (χ2v) is 9.49. The van der Waals surface area contributed by atoms with E-state index >= 15 is 0 Å². The van der Waals surface area contributed by atoms with Gasteiger partial charge in [0, 0.05) is 50.2 Å². The molecular formula is C22H28N4O3S. The molecular weight excluding hydrogens is 400 g/mol. The van der Waals surface area contributed by atoms with Gasteiger partial charge in [-0.3, -0.25) is 9.88 Å². The smallest absolute Gasteiger partial charge is 0.245 e. The fraction of sp³-hybridized carbons (Fsp3) is 0.409. The van der Waals surface area contributed by atoms with Gasteiger partial charge in [0.2, 0.25) is 10.0 Å². The molecule has 0 bridgehead atoms. The molecule has 0 atom stereocenters. The highest BCUT2D eigenvalue weighted by Crippen LogP contribution is 2.25. The summed E-state index contributed by atoms with van der Waals surface area (Å²) in [5.74, 6) is 0. The van der Waals surface area contributed by atoms with Gasteiger partial charge in [0.15, 0.2) is 0 Å². The number of hydrogen-bond donors (Lipinski definition) is 0. The van der Waals surface area contributed by atoms with Crippen LogP contribution in [0, 0.1) is 0 Å². The predicted octanol–water partition coefficient (Wildman–Crippen LogP) is 2.49. The number of aromatic nitrogens is 2. The first kappa shape index (κ1) is 21.0. The zero-order valence-corrected chi connectivity index (χ0v) is 18.1. The van der Waals surface area contributed by atoms with E-state index in [0.29, 0.717) is 18.6 Å². The lowest BCUT2D eigenvalue weighted by Crippen LogP contribution is -2.39. The molecule has 8 heteroatoms. The summed E-state index contributed by atoms with van der Waals surface area (Å²) in [6.07, 6.45) is 4.34. The van der Waals surface area contributed by atoms with Crippen LogP contribution in [0.4, 0.5) is 0 Å². The van der Waals surface area contributed by atoms with Gasteiger partial charge < -0.3 is 9.30 Å². The minimum absolute atomic E-state index is 0.265. The predicted molar refractivity (Wildman–Crippen MR) is 117 cm³/mol. The summed E-state index contributed by atoms with van der Waals surface area (Å²) >= 11 is 0. The highest BCUT2D eigenvalue weighted by atomic mass is 32.2. The van der Waals surface area contributed by atoms with Crippen LogP contribution in [0.25, 0.3) is 10.9 Å². The fourth-order valence-corrected chi connectivity index (χ4v) is 5.46. The number of hydrogen-bond acceptors (Lipinski definition) is 5. The van der Waals surface area contributed by atoms with Crippen LogP contribution in [-0.2, 0) is 28.4 Å². The highest BCUT2D eigenvalue weighted by molar-refractivity contribution is 7.89. The molecule has 0 spiro atoms. The average molecular weight is 429 g/mol. The Morgan fingerprint density at radius 3 is 2.67 bits per heavy atom. The molecule has 1 aliphatic rings. The number of aryl methyl sites for hydroxylation is 1. The summed E-state index contributed by atoms with van der Waals surface area (Å²) in [5.41, 5.74) is 1.48. The van der Waals surface area contributed by atoms with Gasteiger partial charge in [-0.15, -0.1) is 0 Å². The molecule has 160 valence electrons. The topological polar surface area (TPSA) is 67.7 Å². The Balaban J connectivity index is 1.60. The van der Waals surface area contributed by atoms with Crippen LogP contribution in [0.2, 0.25) is 0 Å². The standard InChI is InChI=1S/C22H28N4O3S/c1-24-11-4-8-20(24)18-26(13-5-12-25-14-16-29-17-15-25)30(27,28)21-9-2-6-19-7-3-10-23-22(19)21/h2-4,6-11H,5,12-18H2,1H3. The number of para-hydroxylation sites is 1. The van der Waals surface area contributed by atoms with Gasteiger partial charge in [-0.05, 0) is 37.2 Å². The molecule has 4 rings (SSSR count). The monoisotopic (exact) mass is 428 g/mol. The third kappa shape index (κ3) is 4.57. The minimum atomic E-state index is -3.71. The Morgan fingerprint density at radius 1 is 1.10 bits per heavy atom. The molecule has 7 nitrogen and oxygen atoms in total. The van der Waals surface area contributed by atoms with Gasteiger partial charge in [0.1, 0.15) is 4.90 Å². The summed E-state index contributed by atoms with van der Waals surface area (Å²) in [6, 6.07) is 12.9. The first-order valence-corrected chi connectivity index (χ1v) is 11.7. The number of morpholine rings is 1. The van der Waals surface area contributed by atoms with Crippen molar-refractivity contribution in [1.82, 2.24) is 18.8 Å². The molecule has 1 aromatic carbocycles. The highest BCUT2D eigenvalue weighted by Gasteiger charge is 2.27. The number of nitrogens with zero attached hydrogens (tertiary/aromatic N) is 4. The van der Waals surface area contributed by atoms with Crippen molar-refractivity contribution in [1.29, 1.82) is 0 Å². The second kappa shape index (κ2) is 9.26. The summed E-state index contributed by atoms with van der Waals surface area (Å²) in [7, 11) is -1.77. The van der Waals surface area contributed by atoms with E-state index in [0.717, 1.165) is 50.3 Å². The summed E-state index contributed by atoms with van der Waals surface area (Å²) in [6.45, 7) is 4.93. The van der Waals surface area contributed by atoms with Crippen LogP contribution in [0.1, 0.15) is 12.1 Å². The first-order chi connectivity index (χ1) is 14.6. The first-order valence-electron chi connectivity index (χ1n) is 10.3. The molecule has 1 saturated heterocycles. The molecule has 0 N–H and O–H groups in total. The number of rotatable bonds is 8. The fourth-order valence-electron chi connectivity index (χ4n) is 3.84. The molecule has 30 heavy (non-hydrogen) atoms. The molecule has 0 amide bonds. The maximum atomic E-state index is 13.7. The largest absolute Gasteiger partial charge is 0.379 e. The van der Waals surface area contributed by atoms with E-state index in [1.54, 1.807) is 22.6 Å². The minimum Gasteiger partial charge on any atom is -0.379 e. The zero-order chi connectivity index (χ0) is 21.0. The quantitative estimate of drug-likeness (QED) is 0.551. The Bertz CT molecular complexity index is 1090. The Labute approximate surface area is 177 Å².